The molecule has 0 saturated carbocycles. The summed E-state index contributed by atoms with van der Waals surface area (Å²) in [6, 6.07) is -0.737. The number of nitrogens with one attached hydrogen (secondary N) is 2. The van der Waals surface area contributed by atoms with Crippen LogP contribution < -0.4 is 10.5 Å². The molecule has 1 rings (SSSR count). The molecule has 0 saturated heterocycles. The van der Waals surface area contributed by atoms with Gasteiger partial charge in [0, 0.05) is 0 Å². The van der Waals surface area contributed by atoms with E-state index in [4.69, 9.17) is 10.9 Å². The lowest BCUT2D eigenvalue weighted by Gasteiger charge is -2.16. The van der Waals surface area contributed by atoms with Gasteiger partial charge in [0.25, 0.3) is 0 Å². The van der Waals surface area contributed by atoms with Crippen LogP contribution in [0, 0.1) is 6.92 Å². The Kier molecular flexibility index (Phi) is 4.68. The standard InChI is InChI=1S/C9H17N5O3S/c1-3-4-7(9(10)13-15)14-18(16,17)8-5-11-12-6(8)2/h5,7,14-15H,3-4H2,1-2H3,(H2,10,13)(H,11,12). The van der Waals surface area contributed by atoms with E-state index in [9.17, 15) is 8.42 Å². The molecule has 9 heteroatoms. The monoisotopic (exact) mass is 275 g/mol. The van der Waals surface area contributed by atoms with E-state index in [-0.39, 0.29) is 10.7 Å². The molecule has 0 aromatic carbocycles. The second-order valence-corrected chi connectivity index (χ2v) is 5.53. The maximum atomic E-state index is 12.1. The summed E-state index contributed by atoms with van der Waals surface area (Å²) in [5.74, 6) is -0.165. The van der Waals surface area contributed by atoms with Gasteiger partial charge in [0.1, 0.15) is 4.90 Å². The molecule has 0 fully saturated rings. The highest BCUT2D eigenvalue weighted by atomic mass is 32.2. The van der Waals surface area contributed by atoms with Gasteiger partial charge in [0.15, 0.2) is 5.84 Å². The van der Waals surface area contributed by atoms with Crippen molar-refractivity contribution in [3.63, 3.8) is 0 Å². The molecule has 1 heterocycles. The van der Waals surface area contributed by atoms with E-state index < -0.39 is 16.1 Å². The SMILES string of the molecule is CCCC(NS(=O)(=O)c1cn[nH]c1C)/C(N)=N/O. The predicted molar refractivity (Wildman–Crippen MR) is 65.8 cm³/mol. The summed E-state index contributed by atoms with van der Waals surface area (Å²) in [4.78, 5) is 0.0503. The van der Waals surface area contributed by atoms with E-state index in [1.807, 2.05) is 6.92 Å². The molecule has 8 nitrogen and oxygen atoms in total. The fourth-order valence-corrected chi connectivity index (χ4v) is 2.87. The minimum atomic E-state index is -3.74. The van der Waals surface area contributed by atoms with E-state index in [2.05, 4.69) is 20.1 Å². The van der Waals surface area contributed by atoms with E-state index in [1.165, 1.54) is 6.20 Å². The third-order valence-corrected chi connectivity index (χ3v) is 4.01. The summed E-state index contributed by atoms with van der Waals surface area (Å²) in [6.07, 6.45) is 2.34. The van der Waals surface area contributed by atoms with Crippen molar-refractivity contribution in [2.45, 2.75) is 37.6 Å². The Labute approximate surface area is 105 Å². The Morgan fingerprint density at radius 2 is 2.39 bits per heavy atom. The molecule has 0 radical (unpaired) electrons. The van der Waals surface area contributed by atoms with E-state index >= 15 is 0 Å². The molecule has 102 valence electrons. The summed E-state index contributed by atoms with van der Waals surface area (Å²) in [5.41, 5.74) is 5.88. The quantitative estimate of drug-likeness (QED) is 0.249. The molecule has 1 atom stereocenters. The van der Waals surface area contributed by atoms with E-state index in [0.29, 0.717) is 18.5 Å². The van der Waals surface area contributed by atoms with Gasteiger partial charge in [0.05, 0.1) is 17.9 Å². The number of H-pyrrole nitrogens is 1. The molecule has 1 unspecified atom stereocenters. The largest absolute Gasteiger partial charge is 0.409 e. The zero-order valence-electron chi connectivity index (χ0n) is 10.2. The molecule has 0 aliphatic heterocycles. The predicted octanol–water partition coefficient (Wildman–Crippen LogP) is -0.0885. The number of hydrogen-bond donors (Lipinski definition) is 4. The number of hydrogen-bond acceptors (Lipinski definition) is 5. The summed E-state index contributed by atoms with van der Waals surface area (Å²) in [6.45, 7) is 3.47. The smallest absolute Gasteiger partial charge is 0.244 e. The maximum Gasteiger partial charge on any atom is 0.244 e. The number of aryl methyl sites for hydroxylation is 1. The molecule has 1 aromatic rings. The van der Waals surface area contributed by atoms with Crippen molar-refractivity contribution >= 4 is 15.9 Å². The van der Waals surface area contributed by atoms with Crippen LogP contribution in [0.2, 0.25) is 0 Å². The Bertz CT molecular complexity index is 522. The van der Waals surface area contributed by atoms with Crippen molar-refractivity contribution in [3.05, 3.63) is 11.9 Å². The first-order valence-corrected chi connectivity index (χ1v) is 6.90. The van der Waals surface area contributed by atoms with E-state index in [1.54, 1.807) is 6.92 Å². The van der Waals surface area contributed by atoms with Crippen molar-refractivity contribution in [1.29, 1.82) is 0 Å². The van der Waals surface area contributed by atoms with Gasteiger partial charge < -0.3 is 10.9 Å². The molecular formula is C9H17N5O3S. The number of sulfonamides is 1. The van der Waals surface area contributed by atoms with Gasteiger partial charge >= 0.3 is 0 Å². The highest BCUT2D eigenvalue weighted by Crippen LogP contribution is 2.12. The summed E-state index contributed by atoms with van der Waals surface area (Å²) in [5, 5.41) is 17.7. The van der Waals surface area contributed by atoms with Crippen molar-refractivity contribution < 1.29 is 13.6 Å². The van der Waals surface area contributed by atoms with Crippen molar-refractivity contribution in [2.24, 2.45) is 10.9 Å². The summed E-state index contributed by atoms with van der Waals surface area (Å²) >= 11 is 0. The number of aromatic amines is 1. The van der Waals surface area contributed by atoms with Crippen LogP contribution in [0.3, 0.4) is 0 Å². The number of aromatic nitrogens is 2. The van der Waals surface area contributed by atoms with Gasteiger partial charge in [0.2, 0.25) is 10.0 Å². The molecule has 18 heavy (non-hydrogen) atoms. The van der Waals surface area contributed by atoms with Crippen LogP contribution in [0.15, 0.2) is 16.2 Å². The molecule has 0 spiro atoms. The van der Waals surface area contributed by atoms with Crippen molar-refractivity contribution in [1.82, 2.24) is 14.9 Å². The molecule has 0 bridgehead atoms. The third kappa shape index (κ3) is 3.20. The lowest BCUT2D eigenvalue weighted by Crippen LogP contribution is -2.44. The average Bonchev–Trinajstić information content (AvgIpc) is 2.74. The van der Waals surface area contributed by atoms with Gasteiger partial charge in [-0.15, -0.1) is 0 Å². The first-order chi connectivity index (χ1) is 8.42. The molecule has 0 aliphatic carbocycles. The number of amidine groups is 1. The fraction of sp³-hybridized carbons (Fsp3) is 0.556. The minimum absolute atomic E-state index is 0.0503. The van der Waals surface area contributed by atoms with Crippen LogP contribution >= 0.6 is 0 Å². The van der Waals surface area contributed by atoms with Crippen LogP contribution in [-0.2, 0) is 10.0 Å². The fourth-order valence-electron chi connectivity index (χ4n) is 1.49. The molecule has 0 amide bonds. The summed E-state index contributed by atoms with van der Waals surface area (Å²) in [7, 11) is -3.74. The Balaban J connectivity index is 2.97. The first kappa shape index (κ1) is 14.5. The number of nitrogens with zero attached hydrogens (tertiary/aromatic N) is 2. The zero-order chi connectivity index (χ0) is 13.8. The van der Waals surface area contributed by atoms with Crippen molar-refractivity contribution in [3.8, 4) is 0 Å². The topological polar surface area (TPSA) is 133 Å². The number of oxime groups is 1. The summed E-state index contributed by atoms with van der Waals surface area (Å²) < 4.78 is 26.5. The second kappa shape index (κ2) is 5.83. The Morgan fingerprint density at radius 1 is 1.72 bits per heavy atom. The lowest BCUT2D eigenvalue weighted by atomic mass is 10.2. The highest BCUT2D eigenvalue weighted by molar-refractivity contribution is 7.89. The van der Waals surface area contributed by atoms with Crippen LogP contribution in [0.1, 0.15) is 25.5 Å². The molecule has 5 N–H and O–H groups in total. The molecule has 1 aromatic heterocycles. The van der Waals surface area contributed by atoms with Gasteiger partial charge in [-0.25, -0.2) is 13.1 Å². The highest BCUT2D eigenvalue weighted by Gasteiger charge is 2.24. The maximum absolute atomic E-state index is 12.1. The van der Waals surface area contributed by atoms with Crippen LogP contribution in [0.4, 0.5) is 0 Å². The zero-order valence-corrected chi connectivity index (χ0v) is 11.0. The van der Waals surface area contributed by atoms with Crippen LogP contribution in [0.5, 0.6) is 0 Å². The minimum Gasteiger partial charge on any atom is -0.409 e. The van der Waals surface area contributed by atoms with Crippen LogP contribution in [-0.4, -0.2) is 35.7 Å². The number of nitrogens with two attached hydrogens (primary N) is 1. The normalized spacial score (nSPS) is 14.7. The number of rotatable bonds is 6. The molecule has 0 aliphatic rings. The van der Waals surface area contributed by atoms with Crippen LogP contribution in [0.25, 0.3) is 0 Å². The Morgan fingerprint density at radius 3 is 2.83 bits per heavy atom. The molecular weight excluding hydrogens is 258 g/mol. The first-order valence-electron chi connectivity index (χ1n) is 5.42. The van der Waals surface area contributed by atoms with Gasteiger partial charge in [-0.2, -0.15) is 5.10 Å². The lowest BCUT2D eigenvalue weighted by molar-refractivity contribution is 0.315. The van der Waals surface area contributed by atoms with Gasteiger partial charge in [-0.05, 0) is 13.3 Å². The van der Waals surface area contributed by atoms with Gasteiger partial charge in [-0.3, -0.25) is 5.10 Å². The Hall–Kier alpha value is -1.61. The van der Waals surface area contributed by atoms with Crippen molar-refractivity contribution in [2.75, 3.05) is 0 Å². The average molecular weight is 275 g/mol. The van der Waals surface area contributed by atoms with Gasteiger partial charge in [-0.1, -0.05) is 18.5 Å². The second-order valence-electron chi connectivity index (χ2n) is 3.85. The third-order valence-electron chi connectivity index (χ3n) is 2.42. The van der Waals surface area contributed by atoms with E-state index in [0.717, 1.165) is 0 Å².